The van der Waals surface area contributed by atoms with Gasteiger partial charge in [0.15, 0.2) is 5.65 Å². The quantitative estimate of drug-likeness (QED) is 0.325. The molecular formula is C26H26N6. The minimum atomic E-state index is 0.561. The van der Waals surface area contributed by atoms with Crippen LogP contribution in [0.4, 0.5) is 0 Å². The number of H-pyrrole nitrogens is 2. The molecule has 0 atom stereocenters. The molecule has 6 nitrogen and oxygen atoms in total. The molecule has 4 aromatic heterocycles. The summed E-state index contributed by atoms with van der Waals surface area (Å²) in [7, 11) is 0. The number of hydrogen-bond donors (Lipinski definition) is 3. The fourth-order valence-corrected chi connectivity index (χ4v) is 4.06. The monoisotopic (exact) mass is 422 g/mol. The zero-order valence-electron chi connectivity index (χ0n) is 18.2. The van der Waals surface area contributed by atoms with Crippen LogP contribution in [0.3, 0.4) is 0 Å². The van der Waals surface area contributed by atoms with E-state index in [-0.39, 0.29) is 0 Å². The molecule has 0 unspecified atom stereocenters. The van der Waals surface area contributed by atoms with Crippen LogP contribution in [0.15, 0.2) is 79.6 Å². The van der Waals surface area contributed by atoms with Crippen LogP contribution < -0.4 is 5.32 Å². The molecule has 32 heavy (non-hydrogen) atoms. The fourth-order valence-electron chi connectivity index (χ4n) is 4.06. The molecule has 3 N–H and O–H groups in total. The van der Waals surface area contributed by atoms with E-state index in [4.69, 9.17) is 0 Å². The second-order valence-electron chi connectivity index (χ2n) is 8.17. The Hall–Kier alpha value is -3.93. The highest BCUT2D eigenvalue weighted by Crippen LogP contribution is 2.32. The van der Waals surface area contributed by atoms with Gasteiger partial charge in [0.2, 0.25) is 0 Å². The van der Waals surface area contributed by atoms with Crippen LogP contribution >= 0.6 is 0 Å². The summed E-state index contributed by atoms with van der Waals surface area (Å²) in [6.45, 7) is 10.2. The predicted octanol–water partition coefficient (Wildman–Crippen LogP) is 5.88. The van der Waals surface area contributed by atoms with Gasteiger partial charge in [0.25, 0.3) is 0 Å². The van der Waals surface area contributed by atoms with E-state index in [9.17, 15) is 0 Å². The van der Waals surface area contributed by atoms with Crippen LogP contribution in [-0.2, 0) is 0 Å². The first-order chi connectivity index (χ1) is 15.7. The summed E-state index contributed by atoms with van der Waals surface area (Å²) in [4.78, 5) is 12.2. The lowest BCUT2D eigenvalue weighted by Crippen LogP contribution is -2.23. The van der Waals surface area contributed by atoms with Gasteiger partial charge in [-0.25, -0.2) is 4.98 Å². The Bertz CT molecular complexity index is 1350. The maximum Gasteiger partial charge on any atom is 0.181 e. The van der Waals surface area contributed by atoms with E-state index >= 15 is 0 Å². The first-order valence-electron chi connectivity index (χ1n) is 10.9. The van der Waals surface area contributed by atoms with Crippen LogP contribution in [0, 0.1) is 5.92 Å². The van der Waals surface area contributed by atoms with E-state index in [1.807, 2.05) is 31.5 Å². The van der Waals surface area contributed by atoms with Crippen molar-refractivity contribution in [2.24, 2.45) is 5.92 Å². The number of rotatable bonds is 7. The largest absolute Gasteiger partial charge is 0.359 e. The standard InChI is InChI=1S/C26H26N6/c1-4-17(11-21(5-2)29-16(3)18-7-6-8-18)19-12-22-25(31-32-26(22)28-15-19)24-13-20-14-27-10-9-23(20)30-24/h4-5,9-15,18,29-30H,2-3,6-8H2,1H3,(H,28,31,32)/b17-4+,21-11+. The second kappa shape index (κ2) is 8.30. The van der Waals surface area contributed by atoms with E-state index < -0.39 is 0 Å². The number of allylic oxidation sites excluding steroid dienone is 5. The Morgan fingerprint density at radius 2 is 2.12 bits per heavy atom. The zero-order chi connectivity index (χ0) is 22.1. The molecule has 0 bridgehead atoms. The summed E-state index contributed by atoms with van der Waals surface area (Å²) in [6, 6.07) is 6.16. The van der Waals surface area contributed by atoms with Gasteiger partial charge in [0.1, 0.15) is 0 Å². The molecular weight excluding hydrogens is 396 g/mol. The van der Waals surface area contributed by atoms with Gasteiger partial charge >= 0.3 is 0 Å². The smallest absolute Gasteiger partial charge is 0.181 e. The lowest BCUT2D eigenvalue weighted by atomic mass is 9.83. The first-order valence-corrected chi connectivity index (χ1v) is 10.9. The Morgan fingerprint density at radius 3 is 2.84 bits per heavy atom. The topological polar surface area (TPSA) is 82.3 Å². The van der Waals surface area contributed by atoms with E-state index in [2.05, 4.69) is 67.9 Å². The van der Waals surface area contributed by atoms with Crippen LogP contribution in [0.1, 0.15) is 31.7 Å². The highest BCUT2D eigenvalue weighted by molar-refractivity contribution is 5.95. The summed E-state index contributed by atoms with van der Waals surface area (Å²) in [5, 5.41) is 13.0. The number of nitrogens with one attached hydrogen (secondary N) is 3. The van der Waals surface area contributed by atoms with Crippen LogP contribution in [0.25, 0.3) is 38.9 Å². The Labute approximate surface area is 186 Å². The fraction of sp³-hybridized carbons (Fsp3) is 0.192. The molecule has 0 spiro atoms. The Kier molecular flexibility index (Phi) is 5.19. The van der Waals surface area contributed by atoms with E-state index in [1.54, 1.807) is 6.20 Å². The molecule has 1 aliphatic rings. The van der Waals surface area contributed by atoms with Crippen molar-refractivity contribution in [3.8, 4) is 11.4 Å². The molecule has 1 aliphatic carbocycles. The van der Waals surface area contributed by atoms with E-state index in [0.29, 0.717) is 11.6 Å². The number of pyridine rings is 2. The van der Waals surface area contributed by atoms with Crippen LogP contribution in [-0.4, -0.2) is 25.1 Å². The van der Waals surface area contributed by atoms with Crippen molar-refractivity contribution in [1.29, 1.82) is 0 Å². The highest BCUT2D eigenvalue weighted by Gasteiger charge is 2.20. The molecule has 0 aliphatic heterocycles. The van der Waals surface area contributed by atoms with E-state index in [1.165, 1.54) is 19.3 Å². The maximum atomic E-state index is 4.59. The predicted molar refractivity (Wildman–Crippen MR) is 131 cm³/mol. The molecule has 160 valence electrons. The third-order valence-corrected chi connectivity index (χ3v) is 6.18. The summed E-state index contributed by atoms with van der Waals surface area (Å²) < 4.78 is 0. The summed E-state index contributed by atoms with van der Waals surface area (Å²) >= 11 is 0. The molecule has 1 fully saturated rings. The number of nitrogens with zero attached hydrogens (tertiary/aromatic N) is 3. The Balaban J connectivity index is 1.49. The number of fused-ring (bicyclic) bond motifs is 2. The molecule has 0 saturated heterocycles. The van der Waals surface area contributed by atoms with Gasteiger partial charge in [0.05, 0.1) is 11.4 Å². The lowest BCUT2D eigenvalue weighted by Gasteiger charge is -2.28. The maximum absolute atomic E-state index is 4.59. The van der Waals surface area contributed by atoms with Crippen molar-refractivity contribution < 1.29 is 0 Å². The molecule has 0 aromatic carbocycles. The second-order valence-corrected chi connectivity index (χ2v) is 8.17. The van der Waals surface area contributed by atoms with E-state index in [0.717, 1.165) is 50.2 Å². The van der Waals surface area contributed by atoms with Crippen molar-refractivity contribution in [2.75, 3.05) is 0 Å². The average Bonchev–Trinajstić information content (AvgIpc) is 3.38. The SMILES string of the molecule is C=C/C(=C\C(=C/C)c1cnc2n[nH]c(-c3cc4cnccc4[nH]3)c2c1)NC(=C)C1CCC1. The van der Waals surface area contributed by atoms with Gasteiger partial charge in [0, 0.05) is 51.8 Å². The zero-order valence-corrected chi connectivity index (χ0v) is 18.2. The number of aromatic amines is 2. The third-order valence-electron chi connectivity index (χ3n) is 6.18. The van der Waals surface area contributed by atoms with Crippen LogP contribution in [0.5, 0.6) is 0 Å². The van der Waals surface area contributed by atoms with Crippen molar-refractivity contribution in [2.45, 2.75) is 26.2 Å². The van der Waals surface area contributed by atoms with Gasteiger partial charge in [-0.2, -0.15) is 5.10 Å². The summed E-state index contributed by atoms with van der Waals surface area (Å²) in [6.07, 6.45) is 15.2. The van der Waals surface area contributed by atoms with Gasteiger partial charge in [-0.3, -0.25) is 10.1 Å². The van der Waals surface area contributed by atoms with Gasteiger partial charge in [-0.15, -0.1) is 0 Å². The molecule has 5 rings (SSSR count). The highest BCUT2D eigenvalue weighted by atomic mass is 15.2. The van der Waals surface area contributed by atoms with Gasteiger partial charge in [-0.1, -0.05) is 25.7 Å². The van der Waals surface area contributed by atoms with Crippen molar-refractivity contribution in [3.63, 3.8) is 0 Å². The Morgan fingerprint density at radius 1 is 1.25 bits per heavy atom. The van der Waals surface area contributed by atoms with Crippen molar-refractivity contribution in [3.05, 3.63) is 85.1 Å². The number of hydrogen-bond acceptors (Lipinski definition) is 4. The molecule has 0 amide bonds. The van der Waals surface area contributed by atoms with Gasteiger partial charge in [-0.05, 0) is 61.6 Å². The summed E-state index contributed by atoms with van der Waals surface area (Å²) in [5.41, 5.74) is 7.64. The van der Waals surface area contributed by atoms with Crippen molar-refractivity contribution >= 4 is 27.5 Å². The van der Waals surface area contributed by atoms with Crippen LogP contribution in [0.2, 0.25) is 0 Å². The molecule has 0 radical (unpaired) electrons. The first kappa shape index (κ1) is 20.0. The summed E-state index contributed by atoms with van der Waals surface area (Å²) in [5.74, 6) is 0.561. The number of aromatic nitrogens is 5. The average molecular weight is 423 g/mol. The molecule has 4 aromatic rings. The lowest BCUT2D eigenvalue weighted by molar-refractivity contribution is 0.356. The minimum Gasteiger partial charge on any atom is -0.359 e. The molecule has 6 heteroatoms. The molecule has 4 heterocycles. The van der Waals surface area contributed by atoms with Gasteiger partial charge < -0.3 is 10.3 Å². The third kappa shape index (κ3) is 3.64. The minimum absolute atomic E-state index is 0.561. The normalized spacial score (nSPS) is 15.2. The van der Waals surface area contributed by atoms with Crippen molar-refractivity contribution in [1.82, 2.24) is 30.5 Å². The molecule has 1 saturated carbocycles.